The minimum atomic E-state index is 0.116. The minimum Gasteiger partial charge on any atom is -0.338 e. The molecule has 0 unspecified atom stereocenters. The van der Waals surface area contributed by atoms with Gasteiger partial charge in [0.15, 0.2) is 0 Å². The highest BCUT2D eigenvalue weighted by atomic mass is 35.5. The highest BCUT2D eigenvalue weighted by molar-refractivity contribution is 6.30. The van der Waals surface area contributed by atoms with Gasteiger partial charge in [-0.25, -0.2) is 4.68 Å². The highest BCUT2D eigenvalue weighted by Gasteiger charge is 2.31. The Bertz CT molecular complexity index is 1220. The van der Waals surface area contributed by atoms with Crippen LogP contribution in [-0.2, 0) is 0 Å². The summed E-state index contributed by atoms with van der Waals surface area (Å²) in [5.41, 5.74) is 5.54. The van der Waals surface area contributed by atoms with E-state index in [-0.39, 0.29) is 5.91 Å². The number of hydrogen-bond donors (Lipinski definition) is 0. The molecule has 2 fully saturated rings. The van der Waals surface area contributed by atoms with E-state index in [1.54, 1.807) is 0 Å². The molecule has 6 heteroatoms. The molecular formula is C29H33ClN4O. The Morgan fingerprint density at radius 3 is 2.34 bits per heavy atom. The first-order valence-corrected chi connectivity index (χ1v) is 13.0. The smallest absolute Gasteiger partial charge is 0.257 e. The molecule has 1 amide bonds. The van der Waals surface area contributed by atoms with E-state index < -0.39 is 0 Å². The minimum absolute atomic E-state index is 0.116. The van der Waals surface area contributed by atoms with Crippen molar-refractivity contribution in [3.05, 3.63) is 81.6 Å². The van der Waals surface area contributed by atoms with E-state index >= 15 is 0 Å². The summed E-state index contributed by atoms with van der Waals surface area (Å²) in [6.07, 6.45) is 8.91. The van der Waals surface area contributed by atoms with Crippen LogP contribution in [0.25, 0.3) is 17.8 Å². The van der Waals surface area contributed by atoms with Crippen molar-refractivity contribution >= 4 is 29.7 Å². The van der Waals surface area contributed by atoms with Gasteiger partial charge in [-0.3, -0.25) is 4.79 Å². The Hall–Kier alpha value is -2.89. The molecule has 0 aliphatic carbocycles. The average Bonchev–Trinajstić information content (AvgIpc) is 3.52. The number of benzene rings is 2. The van der Waals surface area contributed by atoms with Gasteiger partial charge in [-0.2, -0.15) is 5.10 Å². The Balaban J connectivity index is 1.32. The van der Waals surface area contributed by atoms with Gasteiger partial charge in [0.1, 0.15) is 0 Å². The zero-order chi connectivity index (χ0) is 24.4. The van der Waals surface area contributed by atoms with Gasteiger partial charge in [-0.05, 0) is 88.0 Å². The summed E-state index contributed by atoms with van der Waals surface area (Å²) >= 11 is 5.99. The van der Waals surface area contributed by atoms with E-state index in [0.717, 1.165) is 64.7 Å². The number of piperidine rings is 1. The lowest BCUT2D eigenvalue weighted by Gasteiger charge is -2.36. The van der Waals surface area contributed by atoms with E-state index in [2.05, 4.69) is 29.2 Å². The molecule has 182 valence electrons. The summed E-state index contributed by atoms with van der Waals surface area (Å²) in [6, 6.07) is 16.6. The van der Waals surface area contributed by atoms with Crippen LogP contribution in [0.4, 0.5) is 0 Å². The third-order valence-electron chi connectivity index (χ3n) is 7.37. The molecule has 3 heterocycles. The molecule has 5 nitrogen and oxygen atoms in total. The van der Waals surface area contributed by atoms with Gasteiger partial charge in [0, 0.05) is 24.2 Å². The maximum atomic E-state index is 13.5. The molecule has 0 radical (unpaired) electrons. The predicted octanol–water partition coefficient (Wildman–Crippen LogP) is 6.01. The van der Waals surface area contributed by atoms with Crippen LogP contribution in [0.3, 0.4) is 0 Å². The van der Waals surface area contributed by atoms with Crippen molar-refractivity contribution in [3.63, 3.8) is 0 Å². The largest absolute Gasteiger partial charge is 0.338 e. The third kappa shape index (κ3) is 5.21. The van der Waals surface area contributed by atoms with Crippen LogP contribution in [0.15, 0.2) is 48.5 Å². The van der Waals surface area contributed by atoms with Crippen molar-refractivity contribution in [2.75, 3.05) is 26.2 Å². The quantitative estimate of drug-likeness (QED) is 0.413. The zero-order valence-electron chi connectivity index (χ0n) is 20.6. The molecule has 3 aromatic rings. The molecule has 2 saturated heterocycles. The lowest BCUT2D eigenvalue weighted by molar-refractivity contribution is 0.0643. The Morgan fingerprint density at radius 2 is 1.63 bits per heavy atom. The monoisotopic (exact) mass is 488 g/mol. The lowest BCUT2D eigenvalue weighted by atomic mass is 10.0. The normalized spacial score (nSPS) is 17.5. The van der Waals surface area contributed by atoms with Gasteiger partial charge in [-0.15, -0.1) is 0 Å². The standard InChI is InChI=1S/C29H33ClN4O/c1-21-28(29(35)33-18-14-26(15-19-33)32-16-3-4-17-32)22(2)34(31-21)27-7-5-6-24(20-27)9-8-23-10-12-25(30)13-11-23/h5-13,20,26H,3-4,14-19H2,1-2H3. The van der Waals surface area contributed by atoms with E-state index in [1.165, 1.54) is 25.9 Å². The van der Waals surface area contributed by atoms with Crippen LogP contribution in [0.2, 0.25) is 5.02 Å². The number of aryl methyl sites for hydroxylation is 1. The lowest BCUT2D eigenvalue weighted by Crippen LogP contribution is -2.46. The van der Waals surface area contributed by atoms with Crippen molar-refractivity contribution in [2.45, 2.75) is 45.6 Å². The summed E-state index contributed by atoms with van der Waals surface area (Å²) in [7, 11) is 0. The van der Waals surface area contributed by atoms with Gasteiger partial charge in [0.2, 0.25) is 0 Å². The molecule has 1 aromatic heterocycles. The molecule has 35 heavy (non-hydrogen) atoms. The van der Waals surface area contributed by atoms with Crippen molar-refractivity contribution in [3.8, 4) is 5.69 Å². The number of carbonyl (C=O) groups excluding carboxylic acids is 1. The van der Waals surface area contributed by atoms with Crippen molar-refractivity contribution in [1.29, 1.82) is 0 Å². The summed E-state index contributed by atoms with van der Waals surface area (Å²) in [4.78, 5) is 18.1. The topological polar surface area (TPSA) is 41.4 Å². The second-order valence-corrected chi connectivity index (χ2v) is 10.1. The van der Waals surface area contributed by atoms with Crippen LogP contribution in [-0.4, -0.2) is 57.7 Å². The molecule has 0 saturated carbocycles. The van der Waals surface area contributed by atoms with Crippen molar-refractivity contribution < 1.29 is 4.79 Å². The molecule has 2 aromatic carbocycles. The third-order valence-corrected chi connectivity index (χ3v) is 7.62. The maximum absolute atomic E-state index is 13.5. The van der Waals surface area contributed by atoms with Crippen molar-refractivity contribution in [1.82, 2.24) is 19.6 Å². The van der Waals surface area contributed by atoms with E-state index in [4.69, 9.17) is 16.7 Å². The van der Waals surface area contributed by atoms with Gasteiger partial charge < -0.3 is 9.80 Å². The number of hydrogen-bond acceptors (Lipinski definition) is 3. The number of amides is 1. The van der Waals surface area contributed by atoms with Gasteiger partial charge >= 0.3 is 0 Å². The summed E-state index contributed by atoms with van der Waals surface area (Å²) in [5, 5.41) is 5.50. The molecule has 0 bridgehead atoms. The number of likely N-dealkylation sites (tertiary alicyclic amines) is 2. The fourth-order valence-electron chi connectivity index (χ4n) is 5.43. The fourth-order valence-corrected chi connectivity index (χ4v) is 5.56. The maximum Gasteiger partial charge on any atom is 0.257 e. The second kappa shape index (κ2) is 10.4. The van der Waals surface area contributed by atoms with E-state index in [9.17, 15) is 4.79 Å². The Morgan fingerprint density at radius 1 is 0.943 bits per heavy atom. The summed E-state index contributed by atoms with van der Waals surface area (Å²) < 4.78 is 1.90. The molecule has 2 aliphatic heterocycles. The first-order chi connectivity index (χ1) is 17.0. The summed E-state index contributed by atoms with van der Waals surface area (Å²) in [6.45, 7) is 8.04. The number of aromatic nitrogens is 2. The van der Waals surface area contributed by atoms with Crippen LogP contribution < -0.4 is 0 Å². The average molecular weight is 489 g/mol. The van der Waals surface area contributed by atoms with Gasteiger partial charge in [0.05, 0.1) is 22.6 Å². The Labute approximate surface area is 213 Å². The number of nitrogens with zero attached hydrogens (tertiary/aromatic N) is 4. The molecule has 2 aliphatic rings. The number of carbonyl (C=O) groups is 1. The van der Waals surface area contributed by atoms with Crippen LogP contribution in [0, 0.1) is 13.8 Å². The fraction of sp³-hybridized carbons (Fsp3) is 0.379. The number of halogens is 1. The summed E-state index contributed by atoms with van der Waals surface area (Å²) in [5.74, 6) is 0.116. The SMILES string of the molecule is Cc1nn(-c2cccc(C=Cc3ccc(Cl)cc3)c2)c(C)c1C(=O)N1CCC(N2CCCC2)CC1. The first kappa shape index (κ1) is 23.8. The van der Waals surface area contributed by atoms with Gasteiger partial charge in [-0.1, -0.05) is 48.0 Å². The Kier molecular flexibility index (Phi) is 7.07. The van der Waals surface area contributed by atoms with E-state index in [0.29, 0.717) is 6.04 Å². The number of rotatable bonds is 5. The zero-order valence-corrected chi connectivity index (χ0v) is 21.3. The molecular weight excluding hydrogens is 456 g/mol. The van der Waals surface area contributed by atoms with Crippen LogP contribution >= 0.6 is 11.6 Å². The van der Waals surface area contributed by atoms with Crippen LogP contribution in [0.1, 0.15) is 58.6 Å². The second-order valence-electron chi connectivity index (χ2n) is 9.70. The molecule has 5 rings (SSSR count). The van der Waals surface area contributed by atoms with Gasteiger partial charge in [0.25, 0.3) is 5.91 Å². The first-order valence-electron chi connectivity index (χ1n) is 12.6. The molecule has 0 spiro atoms. The molecule has 0 N–H and O–H groups in total. The predicted molar refractivity (Wildman–Crippen MR) is 143 cm³/mol. The van der Waals surface area contributed by atoms with Crippen molar-refractivity contribution in [2.24, 2.45) is 0 Å². The van der Waals surface area contributed by atoms with E-state index in [1.807, 2.05) is 59.8 Å². The van der Waals surface area contributed by atoms with Crippen LogP contribution in [0.5, 0.6) is 0 Å². The highest BCUT2D eigenvalue weighted by Crippen LogP contribution is 2.25. The molecule has 0 atom stereocenters.